The molecule has 19 heavy (non-hydrogen) atoms. The molecule has 1 aromatic carbocycles. The molecular weight excluding hydrogens is 262 g/mol. The van der Waals surface area contributed by atoms with Gasteiger partial charge in [0.25, 0.3) is 0 Å². The van der Waals surface area contributed by atoms with E-state index in [9.17, 15) is 8.42 Å². The lowest BCUT2D eigenvalue weighted by Crippen LogP contribution is -2.29. The van der Waals surface area contributed by atoms with Gasteiger partial charge < -0.3 is 4.42 Å². The average Bonchev–Trinajstić information content (AvgIpc) is 2.90. The normalized spacial score (nSPS) is 11.9. The molecule has 2 rings (SSSR count). The number of furan rings is 1. The van der Waals surface area contributed by atoms with E-state index in [4.69, 9.17) is 4.42 Å². The van der Waals surface area contributed by atoms with Crippen molar-refractivity contribution in [2.24, 2.45) is 0 Å². The second-order valence-electron chi connectivity index (χ2n) is 4.39. The van der Waals surface area contributed by atoms with E-state index >= 15 is 0 Å². The highest BCUT2D eigenvalue weighted by Gasteiger charge is 2.18. The Bertz CT molecular complexity index is 591. The lowest BCUT2D eigenvalue weighted by molar-refractivity contribution is 0.406. The van der Waals surface area contributed by atoms with Crippen LogP contribution in [0, 0.1) is 0 Å². The van der Waals surface area contributed by atoms with Gasteiger partial charge in [-0.25, -0.2) is 8.42 Å². The minimum absolute atomic E-state index is 0.105. The standard InChI is InChI=1S/C14H17NO3S/c1-15(12-14-8-5-10-18-14)19(16,17)11-9-13-6-3-2-4-7-13/h2-8,10H,9,11-12H2,1H3. The molecule has 102 valence electrons. The van der Waals surface area contributed by atoms with Crippen LogP contribution in [0.25, 0.3) is 0 Å². The first-order valence-corrected chi connectivity index (χ1v) is 7.69. The molecule has 0 N–H and O–H groups in total. The van der Waals surface area contributed by atoms with E-state index in [-0.39, 0.29) is 12.3 Å². The number of hydrogen-bond donors (Lipinski definition) is 0. The third-order valence-electron chi connectivity index (χ3n) is 2.92. The molecule has 0 saturated carbocycles. The van der Waals surface area contributed by atoms with Crippen molar-refractivity contribution in [3.63, 3.8) is 0 Å². The SMILES string of the molecule is CN(Cc1ccco1)S(=O)(=O)CCc1ccccc1. The van der Waals surface area contributed by atoms with Crippen LogP contribution < -0.4 is 0 Å². The predicted octanol–water partition coefficient (Wildman–Crippen LogP) is 2.28. The Morgan fingerprint density at radius 2 is 1.84 bits per heavy atom. The molecule has 0 radical (unpaired) electrons. The van der Waals surface area contributed by atoms with Crippen LogP contribution in [-0.4, -0.2) is 25.5 Å². The summed E-state index contributed by atoms with van der Waals surface area (Å²) in [5.74, 6) is 0.750. The number of rotatable bonds is 6. The topological polar surface area (TPSA) is 50.5 Å². The summed E-state index contributed by atoms with van der Waals surface area (Å²) in [4.78, 5) is 0. The summed E-state index contributed by atoms with van der Waals surface area (Å²) in [6.45, 7) is 0.268. The van der Waals surface area contributed by atoms with E-state index in [1.807, 2.05) is 30.3 Å². The Hall–Kier alpha value is -1.59. The summed E-state index contributed by atoms with van der Waals surface area (Å²) in [5, 5.41) is 0. The predicted molar refractivity (Wildman–Crippen MR) is 74.1 cm³/mol. The van der Waals surface area contributed by atoms with E-state index in [0.29, 0.717) is 12.2 Å². The first-order chi connectivity index (χ1) is 9.08. The van der Waals surface area contributed by atoms with Gasteiger partial charge in [-0.3, -0.25) is 0 Å². The summed E-state index contributed by atoms with van der Waals surface area (Å²) in [6.07, 6.45) is 2.06. The first-order valence-electron chi connectivity index (χ1n) is 6.08. The van der Waals surface area contributed by atoms with Crippen LogP contribution in [0.15, 0.2) is 53.1 Å². The number of benzene rings is 1. The van der Waals surface area contributed by atoms with E-state index < -0.39 is 10.0 Å². The summed E-state index contributed by atoms with van der Waals surface area (Å²) in [7, 11) is -1.69. The second-order valence-corrected chi connectivity index (χ2v) is 6.58. The van der Waals surface area contributed by atoms with Gasteiger partial charge in [0.15, 0.2) is 0 Å². The molecule has 0 atom stereocenters. The van der Waals surface area contributed by atoms with Crippen LogP contribution in [0.2, 0.25) is 0 Å². The molecule has 5 heteroatoms. The Labute approximate surface area is 113 Å². The fourth-order valence-electron chi connectivity index (χ4n) is 1.77. The maximum Gasteiger partial charge on any atom is 0.214 e. The third kappa shape index (κ3) is 3.94. The smallest absolute Gasteiger partial charge is 0.214 e. The molecule has 1 heterocycles. The first kappa shape index (κ1) is 13.8. The molecule has 0 aliphatic heterocycles. The zero-order valence-electron chi connectivity index (χ0n) is 10.8. The highest BCUT2D eigenvalue weighted by molar-refractivity contribution is 7.89. The van der Waals surface area contributed by atoms with Crippen LogP contribution in [0.1, 0.15) is 11.3 Å². The largest absolute Gasteiger partial charge is 0.468 e. The molecule has 0 aliphatic rings. The number of hydrogen-bond acceptors (Lipinski definition) is 3. The van der Waals surface area contributed by atoms with Gasteiger partial charge in [0.2, 0.25) is 10.0 Å². The minimum atomic E-state index is -3.26. The zero-order chi connectivity index (χ0) is 13.7. The molecule has 0 bridgehead atoms. The fraction of sp³-hybridized carbons (Fsp3) is 0.286. The second kappa shape index (κ2) is 6.04. The quantitative estimate of drug-likeness (QED) is 0.815. The molecule has 4 nitrogen and oxygen atoms in total. The van der Waals surface area contributed by atoms with E-state index in [1.165, 1.54) is 4.31 Å². The van der Waals surface area contributed by atoms with Gasteiger partial charge in [0.1, 0.15) is 5.76 Å². The van der Waals surface area contributed by atoms with E-state index in [0.717, 1.165) is 5.56 Å². The van der Waals surface area contributed by atoms with Crippen LogP contribution in [0.3, 0.4) is 0 Å². The van der Waals surface area contributed by atoms with Gasteiger partial charge in [-0.15, -0.1) is 0 Å². The zero-order valence-corrected chi connectivity index (χ0v) is 11.6. The highest BCUT2D eigenvalue weighted by Crippen LogP contribution is 2.10. The summed E-state index contributed by atoms with van der Waals surface area (Å²) in [6, 6.07) is 13.1. The number of nitrogens with zero attached hydrogens (tertiary/aromatic N) is 1. The molecule has 0 saturated heterocycles. The maximum atomic E-state index is 12.1. The molecule has 1 aromatic heterocycles. The van der Waals surface area contributed by atoms with Gasteiger partial charge in [0.05, 0.1) is 18.6 Å². The van der Waals surface area contributed by atoms with Crippen LogP contribution in [0.4, 0.5) is 0 Å². The van der Waals surface area contributed by atoms with Crippen molar-refractivity contribution in [1.82, 2.24) is 4.31 Å². The van der Waals surface area contributed by atoms with Crippen LogP contribution in [-0.2, 0) is 23.0 Å². The fourth-order valence-corrected chi connectivity index (χ4v) is 2.90. The summed E-state index contributed by atoms with van der Waals surface area (Å²) in [5.41, 5.74) is 1.03. The Balaban J connectivity index is 1.94. The van der Waals surface area contributed by atoms with Crippen molar-refractivity contribution in [3.8, 4) is 0 Å². The molecule has 0 amide bonds. The molecular formula is C14H17NO3S. The minimum Gasteiger partial charge on any atom is -0.468 e. The average molecular weight is 279 g/mol. The summed E-state index contributed by atoms with van der Waals surface area (Å²) >= 11 is 0. The Morgan fingerprint density at radius 1 is 1.11 bits per heavy atom. The maximum absolute atomic E-state index is 12.1. The van der Waals surface area contributed by atoms with Crippen LogP contribution in [0.5, 0.6) is 0 Å². The van der Waals surface area contributed by atoms with Crippen molar-refractivity contribution < 1.29 is 12.8 Å². The number of sulfonamides is 1. The van der Waals surface area contributed by atoms with Crippen molar-refractivity contribution in [3.05, 3.63) is 60.1 Å². The molecule has 0 spiro atoms. The monoisotopic (exact) mass is 279 g/mol. The highest BCUT2D eigenvalue weighted by atomic mass is 32.2. The lowest BCUT2D eigenvalue weighted by Gasteiger charge is -2.15. The summed E-state index contributed by atoms with van der Waals surface area (Å²) < 4.78 is 30.7. The molecule has 0 aliphatic carbocycles. The lowest BCUT2D eigenvalue weighted by atomic mass is 10.2. The van der Waals surface area contributed by atoms with Gasteiger partial charge in [-0.05, 0) is 24.1 Å². The van der Waals surface area contributed by atoms with Crippen molar-refractivity contribution in [2.75, 3.05) is 12.8 Å². The van der Waals surface area contributed by atoms with Gasteiger partial charge in [-0.2, -0.15) is 4.31 Å². The van der Waals surface area contributed by atoms with Crippen molar-refractivity contribution in [2.45, 2.75) is 13.0 Å². The van der Waals surface area contributed by atoms with Crippen molar-refractivity contribution >= 4 is 10.0 Å². The van der Waals surface area contributed by atoms with Gasteiger partial charge in [-0.1, -0.05) is 30.3 Å². The molecule has 0 fully saturated rings. The Kier molecular flexibility index (Phi) is 4.39. The van der Waals surface area contributed by atoms with Crippen molar-refractivity contribution in [1.29, 1.82) is 0 Å². The van der Waals surface area contributed by atoms with E-state index in [2.05, 4.69) is 0 Å². The number of aryl methyl sites for hydroxylation is 1. The Morgan fingerprint density at radius 3 is 2.47 bits per heavy atom. The van der Waals surface area contributed by atoms with E-state index in [1.54, 1.807) is 25.4 Å². The van der Waals surface area contributed by atoms with Crippen LogP contribution >= 0.6 is 0 Å². The molecule has 2 aromatic rings. The van der Waals surface area contributed by atoms with Gasteiger partial charge in [0, 0.05) is 7.05 Å². The molecule has 0 unspecified atom stereocenters. The van der Waals surface area contributed by atoms with Gasteiger partial charge >= 0.3 is 0 Å². The third-order valence-corrected chi connectivity index (χ3v) is 4.72.